The van der Waals surface area contributed by atoms with Crippen molar-refractivity contribution in [3.05, 3.63) is 29.8 Å². The van der Waals surface area contributed by atoms with E-state index >= 15 is 0 Å². The number of carbonyl (C=O) groups is 1. The number of rotatable bonds is 5. The molecule has 0 atom stereocenters. The Kier molecular flexibility index (Phi) is 4.79. The molecule has 1 aromatic rings. The quantitative estimate of drug-likeness (QED) is 0.724. The molecule has 0 aliphatic heterocycles. The van der Waals surface area contributed by atoms with Gasteiger partial charge in [-0.1, -0.05) is 19.1 Å². The Labute approximate surface area is 96.4 Å². The number of benzene rings is 1. The van der Waals surface area contributed by atoms with Crippen molar-refractivity contribution in [1.29, 1.82) is 0 Å². The molecule has 88 valence electrons. The minimum Gasteiger partial charge on any atom is -0.399 e. The molecule has 16 heavy (non-hydrogen) atoms. The number of hydrogen-bond donors (Lipinski definition) is 2. The van der Waals surface area contributed by atoms with Crippen LogP contribution in [-0.4, -0.2) is 30.9 Å². The van der Waals surface area contributed by atoms with Crippen molar-refractivity contribution >= 4 is 11.6 Å². The smallest absolute Gasteiger partial charge is 0.233 e. The van der Waals surface area contributed by atoms with Crippen LogP contribution in [0.4, 0.5) is 5.69 Å². The van der Waals surface area contributed by atoms with Gasteiger partial charge in [-0.2, -0.15) is 0 Å². The van der Waals surface area contributed by atoms with Gasteiger partial charge in [-0.3, -0.25) is 9.69 Å². The van der Waals surface area contributed by atoms with Crippen LogP contribution in [0.1, 0.15) is 12.5 Å². The Bertz CT molecular complexity index is 352. The van der Waals surface area contributed by atoms with E-state index in [1.165, 1.54) is 0 Å². The summed E-state index contributed by atoms with van der Waals surface area (Å²) in [7, 11) is 1.65. The van der Waals surface area contributed by atoms with Crippen LogP contribution in [0.2, 0.25) is 0 Å². The summed E-state index contributed by atoms with van der Waals surface area (Å²) in [6.07, 6.45) is 0. The second kappa shape index (κ2) is 6.12. The minimum atomic E-state index is 0.0331. The largest absolute Gasteiger partial charge is 0.399 e. The first-order valence-corrected chi connectivity index (χ1v) is 5.43. The summed E-state index contributed by atoms with van der Waals surface area (Å²) >= 11 is 0. The van der Waals surface area contributed by atoms with E-state index in [2.05, 4.69) is 10.2 Å². The molecule has 4 nitrogen and oxygen atoms in total. The zero-order valence-corrected chi connectivity index (χ0v) is 9.86. The highest BCUT2D eigenvalue weighted by Gasteiger charge is 2.08. The lowest BCUT2D eigenvalue weighted by Gasteiger charge is -2.19. The molecule has 1 amide bonds. The molecule has 0 heterocycles. The van der Waals surface area contributed by atoms with Gasteiger partial charge in [0.25, 0.3) is 0 Å². The second-order valence-corrected chi connectivity index (χ2v) is 3.72. The third-order valence-corrected chi connectivity index (χ3v) is 2.45. The third-order valence-electron chi connectivity index (χ3n) is 2.45. The topological polar surface area (TPSA) is 58.4 Å². The Morgan fingerprint density at radius 3 is 2.81 bits per heavy atom. The summed E-state index contributed by atoms with van der Waals surface area (Å²) in [6, 6.07) is 7.74. The number of amides is 1. The number of nitrogen functional groups attached to an aromatic ring is 1. The van der Waals surface area contributed by atoms with Crippen LogP contribution >= 0.6 is 0 Å². The van der Waals surface area contributed by atoms with E-state index in [1.807, 2.05) is 31.2 Å². The van der Waals surface area contributed by atoms with Crippen LogP contribution in [0.3, 0.4) is 0 Å². The molecule has 0 aliphatic rings. The molecule has 0 fully saturated rings. The maximum atomic E-state index is 11.3. The van der Waals surface area contributed by atoms with Crippen LogP contribution in [0, 0.1) is 0 Å². The Hall–Kier alpha value is -1.55. The molecular formula is C12H19N3O. The van der Waals surface area contributed by atoms with E-state index in [0.717, 1.165) is 24.3 Å². The van der Waals surface area contributed by atoms with E-state index in [0.29, 0.717) is 6.54 Å². The summed E-state index contributed by atoms with van der Waals surface area (Å²) < 4.78 is 0. The van der Waals surface area contributed by atoms with E-state index in [-0.39, 0.29) is 5.91 Å². The second-order valence-electron chi connectivity index (χ2n) is 3.72. The molecule has 0 bridgehead atoms. The average molecular weight is 221 g/mol. The van der Waals surface area contributed by atoms with Crippen LogP contribution in [0.5, 0.6) is 0 Å². The number of anilines is 1. The Morgan fingerprint density at radius 2 is 2.25 bits per heavy atom. The van der Waals surface area contributed by atoms with Gasteiger partial charge in [0.15, 0.2) is 0 Å². The van der Waals surface area contributed by atoms with Crippen LogP contribution in [-0.2, 0) is 11.3 Å². The lowest BCUT2D eigenvalue weighted by atomic mass is 10.2. The highest BCUT2D eigenvalue weighted by atomic mass is 16.1. The highest BCUT2D eigenvalue weighted by Crippen LogP contribution is 2.09. The molecule has 0 saturated heterocycles. The van der Waals surface area contributed by atoms with Gasteiger partial charge in [0.1, 0.15) is 0 Å². The van der Waals surface area contributed by atoms with Crippen molar-refractivity contribution in [1.82, 2.24) is 10.2 Å². The molecule has 0 unspecified atom stereocenters. The van der Waals surface area contributed by atoms with Gasteiger partial charge in [-0.25, -0.2) is 0 Å². The zero-order chi connectivity index (χ0) is 12.0. The molecule has 0 saturated carbocycles. The van der Waals surface area contributed by atoms with Gasteiger partial charge in [0, 0.05) is 19.3 Å². The SMILES string of the molecule is CCN(CC(=O)NC)Cc1cccc(N)c1. The standard InChI is InChI=1S/C12H19N3O/c1-3-15(9-12(16)14-2)8-10-5-4-6-11(13)7-10/h4-7H,3,8-9,13H2,1-2H3,(H,14,16). The molecule has 0 aromatic heterocycles. The van der Waals surface area contributed by atoms with Crippen LogP contribution in [0.25, 0.3) is 0 Å². The lowest BCUT2D eigenvalue weighted by Crippen LogP contribution is -2.35. The molecule has 0 aliphatic carbocycles. The minimum absolute atomic E-state index is 0.0331. The van der Waals surface area contributed by atoms with Gasteiger partial charge in [-0.15, -0.1) is 0 Å². The van der Waals surface area contributed by atoms with Crippen molar-refractivity contribution in [3.8, 4) is 0 Å². The summed E-state index contributed by atoms with van der Waals surface area (Å²) in [5, 5.41) is 2.62. The molecule has 4 heteroatoms. The summed E-state index contributed by atoms with van der Waals surface area (Å²) in [6.45, 7) is 4.04. The van der Waals surface area contributed by atoms with Crippen molar-refractivity contribution in [3.63, 3.8) is 0 Å². The van der Waals surface area contributed by atoms with Gasteiger partial charge in [0.05, 0.1) is 6.54 Å². The Morgan fingerprint density at radius 1 is 1.50 bits per heavy atom. The maximum Gasteiger partial charge on any atom is 0.233 e. The first-order valence-electron chi connectivity index (χ1n) is 5.43. The molecular weight excluding hydrogens is 202 g/mol. The van der Waals surface area contributed by atoms with Gasteiger partial charge >= 0.3 is 0 Å². The normalized spacial score (nSPS) is 10.4. The fraction of sp³-hybridized carbons (Fsp3) is 0.417. The summed E-state index contributed by atoms with van der Waals surface area (Å²) in [4.78, 5) is 13.3. The van der Waals surface area contributed by atoms with Crippen LogP contribution < -0.4 is 11.1 Å². The molecule has 1 rings (SSSR count). The predicted octanol–water partition coefficient (Wildman–Crippen LogP) is 0.837. The monoisotopic (exact) mass is 221 g/mol. The first kappa shape index (κ1) is 12.5. The fourth-order valence-electron chi connectivity index (χ4n) is 1.51. The molecule has 0 spiro atoms. The number of likely N-dealkylation sites (N-methyl/N-ethyl adjacent to an activating group) is 2. The van der Waals surface area contributed by atoms with Gasteiger partial charge in [-0.05, 0) is 24.2 Å². The average Bonchev–Trinajstić information content (AvgIpc) is 2.28. The van der Waals surface area contributed by atoms with E-state index in [1.54, 1.807) is 7.05 Å². The van der Waals surface area contributed by atoms with Gasteiger partial charge < -0.3 is 11.1 Å². The predicted molar refractivity (Wildman–Crippen MR) is 65.9 cm³/mol. The van der Waals surface area contributed by atoms with Crippen molar-refractivity contribution in [2.75, 3.05) is 25.9 Å². The Balaban J connectivity index is 2.59. The number of hydrogen-bond acceptors (Lipinski definition) is 3. The van der Waals surface area contributed by atoms with Crippen LogP contribution in [0.15, 0.2) is 24.3 Å². The highest BCUT2D eigenvalue weighted by molar-refractivity contribution is 5.77. The third kappa shape index (κ3) is 3.90. The fourth-order valence-corrected chi connectivity index (χ4v) is 1.51. The number of nitrogens with two attached hydrogens (primary N) is 1. The molecule has 3 N–H and O–H groups in total. The number of nitrogens with zero attached hydrogens (tertiary/aromatic N) is 1. The van der Waals surface area contributed by atoms with Crippen molar-refractivity contribution < 1.29 is 4.79 Å². The first-order chi connectivity index (χ1) is 7.65. The molecule has 1 aromatic carbocycles. The summed E-state index contributed by atoms with van der Waals surface area (Å²) in [5.41, 5.74) is 7.59. The maximum absolute atomic E-state index is 11.3. The lowest BCUT2D eigenvalue weighted by molar-refractivity contribution is -0.121. The van der Waals surface area contributed by atoms with E-state index < -0.39 is 0 Å². The van der Waals surface area contributed by atoms with E-state index in [4.69, 9.17) is 5.73 Å². The number of nitrogens with one attached hydrogen (secondary N) is 1. The summed E-state index contributed by atoms with van der Waals surface area (Å²) in [5.74, 6) is 0.0331. The van der Waals surface area contributed by atoms with Gasteiger partial charge in [0.2, 0.25) is 5.91 Å². The van der Waals surface area contributed by atoms with E-state index in [9.17, 15) is 4.79 Å². The zero-order valence-electron chi connectivity index (χ0n) is 9.86. The van der Waals surface area contributed by atoms with Crippen molar-refractivity contribution in [2.45, 2.75) is 13.5 Å². The van der Waals surface area contributed by atoms with Crippen molar-refractivity contribution in [2.24, 2.45) is 0 Å². The number of carbonyl (C=O) groups excluding carboxylic acids is 1. The molecule has 0 radical (unpaired) electrons.